The van der Waals surface area contributed by atoms with Crippen LogP contribution in [0.4, 0.5) is 5.69 Å². The molecule has 0 aromatic heterocycles. The van der Waals surface area contributed by atoms with Crippen LogP contribution < -0.4 is 10.5 Å². The lowest BCUT2D eigenvalue weighted by Gasteiger charge is -2.23. The van der Waals surface area contributed by atoms with Gasteiger partial charge in [0.15, 0.2) is 9.84 Å². The van der Waals surface area contributed by atoms with Gasteiger partial charge < -0.3 is 15.4 Å². The number of ether oxygens (including phenoxy) is 1. The molecule has 0 saturated carbocycles. The Morgan fingerprint density at radius 3 is 2.46 bits per heavy atom. The van der Waals surface area contributed by atoms with Crippen molar-refractivity contribution >= 4 is 21.4 Å². The van der Waals surface area contributed by atoms with Crippen LogP contribution in [0.3, 0.4) is 0 Å². The summed E-state index contributed by atoms with van der Waals surface area (Å²) >= 11 is 0. The van der Waals surface area contributed by atoms with Crippen LogP contribution in [0.15, 0.2) is 47.4 Å². The molecule has 1 aliphatic rings. The number of nitrogens with zero attached hydrogens (tertiary/aromatic N) is 1. The molecule has 6 nitrogen and oxygen atoms in total. The van der Waals surface area contributed by atoms with E-state index in [0.29, 0.717) is 30.0 Å². The molecule has 7 heteroatoms. The average Bonchev–Trinajstić information content (AvgIpc) is 2.96. The van der Waals surface area contributed by atoms with Gasteiger partial charge in [-0.2, -0.15) is 0 Å². The molecule has 1 unspecified atom stereocenters. The number of hydrogen-bond acceptors (Lipinski definition) is 5. The third-order valence-corrected chi connectivity index (χ3v) is 6.43. The van der Waals surface area contributed by atoms with E-state index in [0.717, 1.165) is 5.56 Å². The first-order valence-corrected chi connectivity index (χ1v) is 10.1. The van der Waals surface area contributed by atoms with E-state index in [1.165, 1.54) is 12.1 Å². The predicted molar refractivity (Wildman–Crippen MR) is 99.8 cm³/mol. The maximum atomic E-state index is 11.9. The maximum Gasteiger partial charge on any atom is 0.222 e. The molecular formula is C19H22N2O4S. The Kier molecular flexibility index (Phi) is 4.91. The van der Waals surface area contributed by atoms with Crippen LogP contribution in [0.25, 0.3) is 0 Å². The molecule has 1 amide bonds. The van der Waals surface area contributed by atoms with E-state index >= 15 is 0 Å². The Morgan fingerprint density at radius 1 is 1.19 bits per heavy atom. The van der Waals surface area contributed by atoms with Crippen LogP contribution in [-0.2, 0) is 14.6 Å². The summed E-state index contributed by atoms with van der Waals surface area (Å²) in [5, 5.41) is 0. The van der Waals surface area contributed by atoms with Crippen molar-refractivity contribution in [1.82, 2.24) is 4.90 Å². The van der Waals surface area contributed by atoms with Crippen molar-refractivity contribution in [3.8, 4) is 11.5 Å². The van der Waals surface area contributed by atoms with Gasteiger partial charge in [-0.05, 0) is 48.9 Å². The highest BCUT2D eigenvalue weighted by atomic mass is 32.2. The number of carbonyl (C=O) groups excluding carboxylic acids is 1. The van der Waals surface area contributed by atoms with Crippen LogP contribution in [0, 0.1) is 0 Å². The summed E-state index contributed by atoms with van der Waals surface area (Å²) < 4.78 is 29.8. The molecule has 3 rings (SSSR count). The summed E-state index contributed by atoms with van der Waals surface area (Å²) in [5.41, 5.74) is 7.38. The lowest BCUT2D eigenvalue weighted by molar-refractivity contribution is -0.127. The smallest absolute Gasteiger partial charge is 0.222 e. The van der Waals surface area contributed by atoms with Gasteiger partial charge in [0.2, 0.25) is 5.91 Å². The highest BCUT2D eigenvalue weighted by Gasteiger charge is 2.31. The molecule has 0 bridgehead atoms. The lowest BCUT2D eigenvalue weighted by atomic mass is 10.0. The summed E-state index contributed by atoms with van der Waals surface area (Å²) in [5.74, 6) is 1.28. The van der Waals surface area contributed by atoms with Gasteiger partial charge in [0.25, 0.3) is 0 Å². The number of amides is 1. The largest absolute Gasteiger partial charge is 0.457 e. The van der Waals surface area contributed by atoms with Crippen LogP contribution in [0.5, 0.6) is 11.5 Å². The zero-order valence-electron chi connectivity index (χ0n) is 14.8. The molecule has 1 fully saturated rings. The van der Waals surface area contributed by atoms with Crippen molar-refractivity contribution < 1.29 is 17.9 Å². The Hall–Kier alpha value is -2.54. The van der Waals surface area contributed by atoms with Gasteiger partial charge in [-0.3, -0.25) is 4.79 Å². The summed E-state index contributed by atoms with van der Waals surface area (Å²) in [4.78, 5) is 13.8. The first-order valence-electron chi connectivity index (χ1n) is 8.47. The van der Waals surface area contributed by atoms with E-state index in [2.05, 4.69) is 0 Å². The Morgan fingerprint density at radius 2 is 1.88 bits per heavy atom. The normalized spacial score (nSPS) is 17.5. The molecule has 1 aliphatic heterocycles. The summed E-state index contributed by atoms with van der Waals surface area (Å²) in [7, 11) is -1.47. The molecule has 0 aliphatic carbocycles. The minimum atomic E-state index is -3.24. The van der Waals surface area contributed by atoms with E-state index in [1.54, 1.807) is 43.1 Å². The second-order valence-electron chi connectivity index (χ2n) is 6.33. The van der Waals surface area contributed by atoms with E-state index in [1.807, 2.05) is 6.07 Å². The van der Waals surface area contributed by atoms with E-state index in [9.17, 15) is 13.2 Å². The van der Waals surface area contributed by atoms with Crippen LogP contribution in [0.2, 0.25) is 0 Å². The molecular weight excluding hydrogens is 352 g/mol. The molecule has 2 aromatic rings. The van der Waals surface area contributed by atoms with Crippen LogP contribution in [-0.4, -0.2) is 32.0 Å². The topological polar surface area (TPSA) is 89.7 Å². The molecule has 0 spiro atoms. The summed E-state index contributed by atoms with van der Waals surface area (Å²) in [6.07, 6.45) is 1.21. The number of sulfone groups is 1. The third-order valence-electron chi connectivity index (χ3n) is 4.68. The average molecular weight is 374 g/mol. The summed E-state index contributed by atoms with van der Waals surface area (Å²) in [6.45, 7) is 1.61. The number of hydrogen-bond donors (Lipinski definition) is 1. The zero-order valence-corrected chi connectivity index (χ0v) is 15.6. The van der Waals surface area contributed by atoms with Crippen molar-refractivity contribution in [2.24, 2.45) is 0 Å². The van der Waals surface area contributed by atoms with E-state index < -0.39 is 9.84 Å². The van der Waals surface area contributed by atoms with Gasteiger partial charge in [0.1, 0.15) is 11.5 Å². The van der Waals surface area contributed by atoms with Crippen molar-refractivity contribution in [2.75, 3.05) is 18.5 Å². The van der Waals surface area contributed by atoms with Gasteiger partial charge in [-0.15, -0.1) is 0 Å². The second kappa shape index (κ2) is 6.99. The number of anilines is 1. The first-order chi connectivity index (χ1) is 12.3. The van der Waals surface area contributed by atoms with Gasteiger partial charge in [-0.25, -0.2) is 8.42 Å². The molecule has 138 valence electrons. The highest BCUT2D eigenvalue weighted by Crippen LogP contribution is 2.39. The van der Waals surface area contributed by atoms with Gasteiger partial charge >= 0.3 is 0 Å². The molecule has 2 aromatic carbocycles. The number of nitrogen functional groups attached to an aromatic ring is 1. The van der Waals surface area contributed by atoms with Crippen molar-refractivity contribution in [1.29, 1.82) is 0 Å². The number of carbonyl (C=O) groups is 1. The quantitative estimate of drug-likeness (QED) is 0.812. The van der Waals surface area contributed by atoms with Crippen molar-refractivity contribution in [3.05, 3.63) is 48.0 Å². The fourth-order valence-electron chi connectivity index (χ4n) is 3.10. The van der Waals surface area contributed by atoms with Crippen molar-refractivity contribution in [2.45, 2.75) is 30.7 Å². The fourth-order valence-corrected chi connectivity index (χ4v) is 3.98. The Bertz CT molecular complexity index is 923. The lowest BCUT2D eigenvalue weighted by Crippen LogP contribution is -2.22. The standard InChI is InChI=1S/C19H22N2O4S/c1-3-26(23,24)15-7-5-14(6-8-15)25-18-10-4-13(20)12-16(18)17-9-11-19(22)21(17)2/h4-8,10,12,17H,3,9,11,20H2,1-2H3. The molecule has 1 saturated heterocycles. The van der Waals surface area contributed by atoms with Crippen LogP contribution in [0.1, 0.15) is 31.4 Å². The Balaban J connectivity index is 1.90. The van der Waals surface area contributed by atoms with Crippen LogP contribution >= 0.6 is 0 Å². The molecule has 1 heterocycles. The molecule has 1 atom stereocenters. The number of nitrogens with two attached hydrogens (primary N) is 1. The van der Waals surface area contributed by atoms with E-state index in [4.69, 9.17) is 10.5 Å². The molecule has 2 N–H and O–H groups in total. The Labute approximate surface area is 153 Å². The minimum absolute atomic E-state index is 0.0529. The van der Waals surface area contributed by atoms with Crippen molar-refractivity contribution in [3.63, 3.8) is 0 Å². The van der Waals surface area contributed by atoms with Gasteiger partial charge in [0.05, 0.1) is 16.7 Å². The number of likely N-dealkylation sites (tertiary alicyclic amines) is 1. The third kappa shape index (κ3) is 3.53. The minimum Gasteiger partial charge on any atom is -0.457 e. The predicted octanol–water partition coefficient (Wildman–Crippen LogP) is 3.15. The second-order valence-corrected chi connectivity index (χ2v) is 8.61. The molecule has 0 radical (unpaired) electrons. The first kappa shape index (κ1) is 18.3. The van der Waals surface area contributed by atoms with Gasteiger partial charge in [-0.1, -0.05) is 6.92 Å². The van der Waals surface area contributed by atoms with E-state index in [-0.39, 0.29) is 22.6 Å². The zero-order chi connectivity index (χ0) is 18.9. The monoisotopic (exact) mass is 374 g/mol. The van der Waals surface area contributed by atoms with Gasteiger partial charge in [0, 0.05) is 24.7 Å². The number of rotatable bonds is 5. The number of benzene rings is 2. The summed E-state index contributed by atoms with van der Waals surface area (Å²) in [6, 6.07) is 11.6. The SMILES string of the molecule is CCS(=O)(=O)c1ccc(Oc2ccc(N)cc2C2CCC(=O)N2C)cc1. The molecule has 26 heavy (non-hydrogen) atoms. The maximum absolute atomic E-state index is 11.9. The highest BCUT2D eigenvalue weighted by molar-refractivity contribution is 7.91. The fraction of sp³-hybridized carbons (Fsp3) is 0.316.